The predicted octanol–water partition coefficient (Wildman–Crippen LogP) is 4.50. The molecule has 18 heavy (non-hydrogen) atoms. The fraction of sp³-hybridized carbons (Fsp3) is 0.188. The van der Waals surface area contributed by atoms with Gasteiger partial charge in [0.25, 0.3) is 0 Å². The molecule has 0 heterocycles. The number of ketones is 1. The Morgan fingerprint density at radius 2 is 1.72 bits per heavy atom. The summed E-state index contributed by atoms with van der Waals surface area (Å²) < 4.78 is 0. The van der Waals surface area contributed by atoms with Crippen LogP contribution in [-0.2, 0) is 0 Å². The minimum absolute atomic E-state index is 0.0518. The maximum atomic E-state index is 12.4. The van der Waals surface area contributed by atoms with Crippen LogP contribution >= 0.6 is 11.6 Å². The van der Waals surface area contributed by atoms with Gasteiger partial charge >= 0.3 is 0 Å². The first-order chi connectivity index (χ1) is 8.50. The largest absolute Gasteiger partial charge is 0.289 e. The Kier molecular flexibility index (Phi) is 3.53. The van der Waals surface area contributed by atoms with E-state index in [1.54, 1.807) is 12.1 Å². The lowest BCUT2D eigenvalue weighted by molar-refractivity contribution is 0.103. The van der Waals surface area contributed by atoms with E-state index >= 15 is 0 Å². The van der Waals surface area contributed by atoms with Crippen LogP contribution in [0.5, 0.6) is 0 Å². The SMILES string of the molecule is Cc1cc(C(=O)c2cccc(C)c2C)ccc1Cl. The van der Waals surface area contributed by atoms with E-state index in [0.29, 0.717) is 10.6 Å². The molecule has 0 saturated heterocycles. The molecule has 0 aliphatic rings. The molecule has 0 amide bonds. The topological polar surface area (TPSA) is 17.1 Å². The van der Waals surface area contributed by atoms with Crippen molar-refractivity contribution >= 4 is 17.4 Å². The van der Waals surface area contributed by atoms with Gasteiger partial charge in [-0.25, -0.2) is 0 Å². The molecule has 0 aliphatic carbocycles. The number of carbonyl (C=O) groups excluding carboxylic acids is 1. The number of hydrogen-bond donors (Lipinski definition) is 0. The zero-order valence-corrected chi connectivity index (χ0v) is 11.5. The van der Waals surface area contributed by atoms with Crippen LogP contribution in [-0.4, -0.2) is 5.78 Å². The Morgan fingerprint density at radius 1 is 1.00 bits per heavy atom. The molecular formula is C16H15ClO. The van der Waals surface area contributed by atoms with Gasteiger partial charge in [-0.15, -0.1) is 0 Å². The van der Waals surface area contributed by atoms with Crippen molar-refractivity contribution in [3.63, 3.8) is 0 Å². The molecule has 0 spiro atoms. The van der Waals surface area contributed by atoms with Gasteiger partial charge < -0.3 is 0 Å². The smallest absolute Gasteiger partial charge is 0.193 e. The van der Waals surface area contributed by atoms with Gasteiger partial charge in [-0.05, 0) is 55.7 Å². The highest BCUT2D eigenvalue weighted by atomic mass is 35.5. The summed E-state index contributed by atoms with van der Waals surface area (Å²) in [5, 5.41) is 0.688. The summed E-state index contributed by atoms with van der Waals surface area (Å²) in [5.74, 6) is 0.0518. The van der Waals surface area contributed by atoms with E-state index in [1.807, 2.05) is 45.0 Å². The molecule has 0 bridgehead atoms. The lowest BCUT2D eigenvalue weighted by atomic mass is 9.95. The molecular weight excluding hydrogens is 244 g/mol. The second-order valence-corrected chi connectivity index (χ2v) is 4.95. The fourth-order valence-corrected chi connectivity index (χ4v) is 2.06. The van der Waals surface area contributed by atoms with Gasteiger partial charge in [0.2, 0.25) is 0 Å². The molecule has 0 aliphatic heterocycles. The van der Waals surface area contributed by atoms with Crippen LogP contribution in [0.4, 0.5) is 0 Å². The lowest BCUT2D eigenvalue weighted by Crippen LogP contribution is -2.05. The van der Waals surface area contributed by atoms with Gasteiger partial charge in [0.1, 0.15) is 0 Å². The lowest BCUT2D eigenvalue weighted by Gasteiger charge is -2.08. The molecule has 1 nitrogen and oxygen atoms in total. The van der Waals surface area contributed by atoms with E-state index in [4.69, 9.17) is 11.6 Å². The Bertz CT molecular complexity index is 614. The summed E-state index contributed by atoms with van der Waals surface area (Å²) in [6.07, 6.45) is 0. The summed E-state index contributed by atoms with van der Waals surface area (Å²) in [7, 11) is 0. The van der Waals surface area contributed by atoms with Gasteiger partial charge in [0.05, 0.1) is 0 Å². The molecule has 2 heteroatoms. The van der Waals surface area contributed by atoms with Crippen LogP contribution in [0.2, 0.25) is 5.02 Å². The van der Waals surface area contributed by atoms with Crippen molar-refractivity contribution in [3.05, 3.63) is 69.2 Å². The standard InChI is InChI=1S/C16H15ClO/c1-10-5-4-6-14(12(10)3)16(18)13-7-8-15(17)11(2)9-13/h4-9H,1-3H3. The molecule has 0 radical (unpaired) electrons. The molecule has 2 aromatic carbocycles. The summed E-state index contributed by atoms with van der Waals surface area (Å²) in [4.78, 5) is 12.4. The molecule has 0 aromatic heterocycles. The maximum absolute atomic E-state index is 12.4. The van der Waals surface area contributed by atoms with Crippen molar-refractivity contribution < 1.29 is 4.79 Å². The highest BCUT2D eigenvalue weighted by Gasteiger charge is 2.13. The second-order valence-electron chi connectivity index (χ2n) is 4.54. The maximum Gasteiger partial charge on any atom is 0.193 e. The average molecular weight is 259 g/mol. The molecule has 0 N–H and O–H groups in total. The quantitative estimate of drug-likeness (QED) is 0.725. The predicted molar refractivity (Wildman–Crippen MR) is 75.5 cm³/mol. The Labute approximate surface area is 112 Å². The third-order valence-electron chi connectivity index (χ3n) is 3.27. The van der Waals surface area contributed by atoms with Crippen molar-refractivity contribution in [2.45, 2.75) is 20.8 Å². The van der Waals surface area contributed by atoms with Gasteiger partial charge in [0.15, 0.2) is 5.78 Å². The highest BCUT2D eigenvalue weighted by molar-refractivity contribution is 6.31. The van der Waals surface area contributed by atoms with Crippen molar-refractivity contribution in [1.82, 2.24) is 0 Å². The van der Waals surface area contributed by atoms with Crippen molar-refractivity contribution in [3.8, 4) is 0 Å². The minimum atomic E-state index is 0.0518. The number of aryl methyl sites for hydroxylation is 2. The van der Waals surface area contributed by atoms with Crippen LogP contribution in [0.25, 0.3) is 0 Å². The average Bonchev–Trinajstić information content (AvgIpc) is 2.35. The van der Waals surface area contributed by atoms with Crippen LogP contribution < -0.4 is 0 Å². The van der Waals surface area contributed by atoms with E-state index in [0.717, 1.165) is 22.3 Å². The van der Waals surface area contributed by atoms with Gasteiger partial charge in [-0.1, -0.05) is 29.8 Å². The van der Waals surface area contributed by atoms with E-state index in [2.05, 4.69) is 0 Å². The highest BCUT2D eigenvalue weighted by Crippen LogP contribution is 2.21. The van der Waals surface area contributed by atoms with Crippen molar-refractivity contribution in [2.75, 3.05) is 0 Å². The summed E-state index contributed by atoms with van der Waals surface area (Å²) in [5.41, 5.74) is 4.54. The molecule has 2 aromatic rings. The molecule has 0 fully saturated rings. The first-order valence-corrected chi connectivity index (χ1v) is 6.25. The molecule has 2 rings (SSSR count). The monoisotopic (exact) mass is 258 g/mol. The third kappa shape index (κ3) is 2.32. The van der Waals surface area contributed by atoms with E-state index in [9.17, 15) is 4.79 Å². The van der Waals surface area contributed by atoms with Crippen molar-refractivity contribution in [2.24, 2.45) is 0 Å². The minimum Gasteiger partial charge on any atom is -0.289 e. The molecule has 0 atom stereocenters. The number of carbonyl (C=O) groups is 1. The summed E-state index contributed by atoms with van der Waals surface area (Å²) >= 11 is 5.98. The first kappa shape index (κ1) is 12.8. The Morgan fingerprint density at radius 3 is 2.39 bits per heavy atom. The van der Waals surface area contributed by atoms with Crippen LogP contribution in [0.3, 0.4) is 0 Å². The van der Waals surface area contributed by atoms with Crippen molar-refractivity contribution in [1.29, 1.82) is 0 Å². The fourth-order valence-electron chi connectivity index (χ4n) is 1.94. The van der Waals surface area contributed by atoms with Crippen LogP contribution in [0.15, 0.2) is 36.4 Å². The van der Waals surface area contributed by atoms with Gasteiger partial charge in [0, 0.05) is 16.1 Å². The van der Waals surface area contributed by atoms with E-state index in [1.165, 1.54) is 0 Å². The second kappa shape index (κ2) is 4.95. The Hall–Kier alpha value is -1.60. The third-order valence-corrected chi connectivity index (χ3v) is 3.69. The van der Waals surface area contributed by atoms with Gasteiger partial charge in [-0.2, -0.15) is 0 Å². The van der Waals surface area contributed by atoms with Crippen LogP contribution in [0, 0.1) is 20.8 Å². The number of halogens is 1. The Balaban J connectivity index is 2.48. The first-order valence-electron chi connectivity index (χ1n) is 5.88. The van der Waals surface area contributed by atoms with Crippen LogP contribution in [0.1, 0.15) is 32.6 Å². The van der Waals surface area contributed by atoms with Gasteiger partial charge in [-0.3, -0.25) is 4.79 Å². The van der Waals surface area contributed by atoms with E-state index < -0.39 is 0 Å². The normalized spacial score (nSPS) is 10.4. The zero-order chi connectivity index (χ0) is 13.3. The molecule has 92 valence electrons. The zero-order valence-electron chi connectivity index (χ0n) is 10.8. The van der Waals surface area contributed by atoms with E-state index in [-0.39, 0.29) is 5.78 Å². The molecule has 0 saturated carbocycles. The number of hydrogen-bond acceptors (Lipinski definition) is 1. The summed E-state index contributed by atoms with van der Waals surface area (Å²) in [6.45, 7) is 5.90. The molecule has 0 unspecified atom stereocenters. The summed E-state index contributed by atoms with van der Waals surface area (Å²) in [6, 6.07) is 11.2. The number of rotatable bonds is 2. The number of benzene rings is 2.